The number of aromatic nitrogens is 2. The lowest BCUT2D eigenvalue weighted by Gasteiger charge is -2.11. The number of benzene rings is 1. The van der Waals surface area contributed by atoms with Gasteiger partial charge in [-0.25, -0.2) is 4.98 Å². The highest BCUT2D eigenvalue weighted by Crippen LogP contribution is 2.28. The summed E-state index contributed by atoms with van der Waals surface area (Å²) in [6.45, 7) is 4.77. The Bertz CT molecular complexity index is 911. The number of pyridine rings is 1. The predicted octanol–water partition coefficient (Wildman–Crippen LogP) is 4.49. The van der Waals surface area contributed by atoms with Crippen molar-refractivity contribution >= 4 is 39.5 Å². The number of halogens is 1. The quantitative estimate of drug-likeness (QED) is 0.759. The Labute approximate surface area is 143 Å². The van der Waals surface area contributed by atoms with Crippen molar-refractivity contribution in [3.63, 3.8) is 0 Å². The van der Waals surface area contributed by atoms with E-state index in [0.29, 0.717) is 10.6 Å². The molecule has 3 aromatic rings. The standard InChI is InChI=1S/C17H15ClN4S/c1-10-16(23-11(2)22-10)5-6-20-17-12(8-19)9-21-15-4-3-13(18)7-14(15)17/h3-4,7,9H,5-6H2,1-2H3,(H,20,21). The molecule has 0 unspecified atom stereocenters. The molecule has 0 saturated heterocycles. The first kappa shape index (κ1) is 15.7. The Morgan fingerprint density at radius 1 is 1.35 bits per heavy atom. The summed E-state index contributed by atoms with van der Waals surface area (Å²) in [6.07, 6.45) is 2.47. The van der Waals surface area contributed by atoms with Gasteiger partial charge in [0.2, 0.25) is 0 Å². The topological polar surface area (TPSA) is 61.6 Å². The lowest BCUT2D eigenvalue weighted by atomic mass is 10.1. The fourth-order valence-electron chi connectivity index (χ4n) is 2.55. The maximum Gasteiger partial charge on any atom is 0.103 e. The van der Waals surface area contributed by atoms with Crippen LogP contribution in [0.4, 0.5) is 5.69 Å². The van der Waals surface area contributed by atoms with Crippen LogP contribution in [0.15, 0.2) is 24.4 Å². The maximum atomic E-state index is 9.34. The third-order valence-corrected chi connectivity index (χ3v) is 4.97. The van der Waals surface area contributed by atoms with Crippen LogP contribution in [-0.2, 0) is 6.42 Å². The van der Waals surface area contributed by atoms with Crippen molar-refractivity contribution in [3.05, 3.63) is 50.6 Å². The van der Waals surface area contributed by atoms with Crippen molar-refractivity contribution in [1.82, 2.24) is 9.97 Å². The van der Waals surface area contributed by atoms with Gasteiger partial charge in [-0.15, -0.1) is 11.3 Å². The predicted molar refractivity (Wildman–Crippen MR) is 95.2 cm³/mol. The Morgan fingerprint density at radius 2 is 2.17 bits per heavy atom. The zero-order chi connectivity index (χ0) is 16.4. The third kappa shape index (κ3) is 3.29. The fourth-order valence-corrected chi connectivity index (χ4v) is 3.66. The van der Waals surface area contributed by atoms with Crippen LogP contribution in [0.5, 0.6) is 0 Å². The second kappa shape index (κ2) is 6.53. The van der Waals surface area contributed by atoms with Crippen LogP contribution < -0.4 is 5.32 Å². The molecule has 6 heteroatoms. The molecular weight excluding hydrogens is 328 g/mol. The van der Waals surface area contributed by atoms with E-state index in [0.717, 1.165) is 40.3 Å². The Balaban J connectivity index is 1.88. The fraction of sp³-hybridized carbons (Fsp3) is 0.235. The van der Waals surface area contributed by atoms with E-state index in [-0.39, 0.29) is 0 Å². The summed E-state index contributed by atoms with van der Waals surface area (Å²) in [5, 5.41) is 15.3. The van der Waals surface area contributed by atoms with Gasteiger partial charge in [0.05, 0.1) is 27.5 Å². The van der Waals surface area contributed by atoms with Gasteiger partial charge < -0.3 is 5.32 Å². The maximum absolute atomic E-state index is 9.34. The summed E-state index contributed by atoms with van der Waals surface area (Å²) in [6, 6.07) is 7.70. The molecular formula is C17H15ClN4S. The van der Waals surface area contributed by atoms with Crippen molar-refractivity contribution in [2.24, 2.45) is 0 Å². The van der Waals surface area contributed by atoms with Gasteiger partial charge in [0, 0.05) is 34.4 Å². The average molecular weight is 343 g/mol. The molecule has 1 aromatic carbocycles. The number of nitrogens with zero attached hydrogens (tertiary/aromatic N) is 3. The van der Waals surface area contributed by atoms with Gasteiger partial charge in [-0.3, -0.25) is 4.98 Å². The first-order chi connectivity index (χ1) is 11.1. The summed E-state index contributed by atoms with van der Waals surface area (Å²) in [5.74, 6) is 0. The van der Waals surface area contributed by atoms with Gasteiger partial charge in [0.1, 0.15) is 6.07 Å². The molecule has 0 saturated carbocycles. The number of anilines is 1. The number of thiazole rings is 1. The lowest BCUT2D eigenvalue weighted by molar-refractivity contribution is 1.01. The van der Waals surface area contributed by atoms with Crippen LogP contribution in [-0.4, -0.2) is 16.5 Å². The molecule has 3 rings (SSSR count). The van der Waals surface area contributed by atoms with Gasteiger partial charge in [-0.2, -0.15) is 5.26 Å². The number of hydrogen-bond acceptors (Lipinski definition) is 5. The molecule has 0 amide bonds. The summed E-state index contributed by atoms with van der Waals surface area (Å²) >= 11 is 7.81. The average Bonchev–Trinajstić information content (AvgIpc) is 2.85. The van der Waals surface area contributed by atoms with Crippen LogP contribution in [0.25, 0.3) is 10.9 Å². The highest BCUT2D eigenvalue weighted by atomic mass is 35.5. The minimum atomic E-state index is 0.525. The third-order valence-electron chi connectivity index (χ3n) is 3.60. The monoisotopic (exact) mass is 342 g/mol. The molecule has 0 atom stereocenters. The van der Waals surface area contributed by atoms with Gasteiger partial charge in [0.25, 0.3) is 0 Å². The molecule has 0 spiro atoms. The second-order valence-electron chi connectivity index (χ2n) is 5.24. The molecule has 0 aliphatic rings. The number of hydrogen-bond donors (Lipinski definition) is 1. The van der Waals surface area contributed by atoms with Crippen LogP contribution in [0.1, 0.15) is 21.1 Å². The van der Waals surface area contributed by atoms with E-state index in [9.17, 15) is 5.26 Å². The first-order valence-electron chi connectivity index (χ1n) is 7.23. The zero-order valence-electron chi connectivity index (χ0n) is 12.9. The number of fused-ring (bicyclic) bond motifs is 1. The smallest absolute Gasteiger partial charge is 0.103 e. The number of rotatable bonds is 4. The molecule has 2 heterocycles. The molecule has 116 valence electrons. The number of aryl methyl sites for hydroxylation is 2. The van der Waals surface area contributed by atoms with Crippen LogP contribution in [0, 0.1) is 25.2 Å². The summed E-state index contributed by atoms with van der Waals surface area (Å²) in [7, 11) is 0. The Morgan fingerprint density at radius 3 is 2.87 bits per heavy atom. The molecule has 0 aliphatic heterocycles. The molecule has 0 bridgehead atoms. The summed E-state index contributed by atoms with van der Waals surface area (Å²) in [4.78, 5) is 10.0. The molecule has 2 aromatic heterocycles. The van der Waals surface area contributed by atoms with Crippen LogP contribution in [0.2, 0.25) is 5.02 Å². The van der Waals surface area contributed by atoms with E-state index in [1.807, 2.05) is 26.0 Å². The molecule has 0 radical (unpaired) electrons. The molecule has 4 nitrogen and oxygen atoms in total. The highest BCUT2D eigenvalue weighted by Gasteiger charge is 2.10. The van der Waals surface area contributed by atoms with Crippen molar-refractivity contribution in [1.29, 1.82) is 5.26 Å². The van der Waals surface area contributed by atoms with E-state index in [1.165, 1.54) is 4.88 Å². The number of nitrogens with one attached hydrogen (secondary N) is 1. The van der Waals surface area contributed by atoms with Crippen molar-refractivity contribution in [2.45, 2.75) is 20.3 Å². The van der Waals surface area contributed by atoms with Gasteiger partial charge >= 0.3 is 0 Å². The summed E-state index contributed by atoms with van der Waals surface area (Å²) < 4.78 is 0. The molecule has 0 fully saturated rings. The first-order valence-corrected chi connectivity index (χ1v) is 8.43. The van der Waals surface area contributed by atoms with Gasteiger partial charge in [0.15, 0.2) is 0 Å². The lowest BCUT2D eigenvalue weighted by Crippen LogP contribution is -2.07. The second-order valence-corrected chi connectivity index (χ2v) is 6.96. The largest absolute Gasteiger partial charge is 0.383 e. The highest BCUT2D eigenvalue weighted by molar-refractivity contribution is 7.11. The van der Waals surface area contributed by atoms with Crippen LogP contribution in [0.3, 0.4) is 0 Å². The Kier molecular flexibility index (Phi) is 4.46. The van der Waals surface area contributed by atoms with E-state index >= 15 is 0 Å². The van der Waals surface area contributed by atoms with Gasteiger partial charge in [-0.05, 0) is 32.0 Å². The Hall–Kier alpha value is -2.16. The van der Waals surface area contributed by atoms with Crippen molar-refractivity contribution < 1.29 is 0 Å². The van der Waals surface area contributed by atoms with E-state index in [2.05, 4.69) is 21.4 Å². The van der Waals surface area contributed by atoms with Crippen molar-refractivity contribution in [3.8, 4) is 6.07 Å². The minimum Gasteiger partial charge on any atom is -0.383 e. The summed E-state index contributed by atoms with van der Waals surface area (Å²) in [5.41, 5.74) is 3.22. The SMILES string of the molecule is Cc1nc(C)c(CCNc2c(C#N)cnc3ccc(Cl)cc23)s1. The van der Waals surface area contributed by atoms with Crippen LogP contribution >= 0.6 is 22.9 Å². The molecule has 23 heavy (non-hydrogen) atoms. The van der Waals surface area contributed by atoms with Gasteiger partial charge in [-0.1, -0.05) is 11.6 Å². The zero-order valence-corrected chi connectivity index (χ0v) is 14.4. The van der Waals surface area contributed by atoms with E-state index in [1.54, 1.807) is 23.6 Å². The van der Waals surface area contributed by atoms with E-state index < -0.39 is 0 Å². The van der Waals surface area contributed by atoms with Crippen molar-refractivity contribution in [2.75, 3.05) is 11.9 Å². The van der Waals surface area contributed by atoms with E-state index in [4.69, 9.17) is 11.6 Å². The molecule has 0 aliphatic carbocycles. The minimum absolute atomic E-state index is 0.525. The number of nitriles is 1. The molecule has 1 N–H and O–H groups in total. The normalized spacial score (nSPS) is 10.7.